The van der Waals surface area contributed by atoms with Gasteiger partial charge in [0.05, 0.1) is 5.25 Å². The van der Waals surface area contributed by atoms with Gasteiger partial charge in [-0.2, -0.15) is 11.8 Å². The quantitative estimate of drug-likeness (QED) is 0.773. The van der Waals surface area contributed by atoms with Gasteiger partial charge in [-0.15, -0.1) is 11.3 Å². The highest BCUT2D eigenvalue weighted by Crippen LogP contribution is 2.18. The van der Waals surface area contributed by atoms with Gasteiger partial charge in [-0.25, -0.2) is 4.98 Å². The molecule has 0 aliphatic carbocycles. The van der Waals surface area contributed by atoms with Crippen LogP contribution < -0.4 is 4.90 Å². The summed E-state index contributed by atoms with van der Waals surface area (Å²) in [5.41, 5.74) is 0. The summed E-state index contributed by atoms with van der Waals surface area (Å²) in [6.07, 6.45) is 3.63. The summed E-state index contributed by atoms with van der Waals surface area (Å²) in [6, 6.07) is 0. The van der Waals surface area contributed by atoms with Gasteiger partial charge in [0.2, 0.25) is 5.91 Å². The molecule has 3 nitrogen and oxygen atoms in total. The lowest BCUT2D eigenvalue weighted by Gasteiger charge is -2.16. The second kappa shape index (κ2) is 4.62. The molecule has 1 amide bonds. The van der Waals surface area contributed by atoms with Crippen LogP contribution in [-0.4, -0.2) is 29.4 Å². The zero-order valence-electron chi connectivity index (χ0n) is 7.85. The van der Waals surface area contributed by atoms with Gasteiger partial charge < -0.3 is 0 Å². The molecular formula is C8H12N2OS2. The molecular weight excluding hydrogens is 204 g/mol. The Morgan fingerprint density at radius 1 is 1.77 bits per heavy atom. The molecule has 1 heterocycles. The predicted octanol–water partition coefficient (Wildman–Crippen LogP) is 1.86. The molecule has 0 radical (unpaired) electrons. The lowest BCUT2D eigenvalue weighted by atomic mass is 10.4. The van der Waals surface area contributed by atoms with E-state index >= 15 is 0 Å². The molecule has 0 saturated heterocycles. The summed E-state index contributed by atoms with van der Waals surface area (Å²) in [5, 5.41) is 2.61. The lowest BCUT2D eigenvalue weighted by Crippen LogP contribution is -2.32. The van der Waals surface area contributed by atoms with Crippen LogP contribution in [0.1, 0.15) is 6.92 Å². The van der Waals surface area contributed by atoms with Crippen molar-refractivity contribution in [3.8, 4) is 0 Å². The van der Waals surface area contributed by atoms with Gasteiger partial charge in [0.25, 0.3) is 0 Å². The molecule has 0 N–H and O–H groups in total. The van der Waals surface area contributed by atoms with Crippen LogP contribution >= 0.6 is 23.1 Å². The monoisotopic (exact) mass is 216 g/mol. The number of nitrogens with zero attached hydrogens (tertiary/aromatic N) is 2. The van der Waals surface area contributed by atoms with E-state index in [1.54, 1.807) is 29.9 Å². The van der Waals surface area contributed by atoms with Crippen LogP contribution in [0.2, 0.25) is 0 Å². The SMILES string of the molecule is CSC(C)C(=O)N(C)c1nccs1. The normalized spacial score (nSPS) is 12.5. The van der Waals surface area contributed by atoms with Gasteiger partial charge in [-0.1, -0.05) is 0 Å². The largest absolute Gasteiger partial charge is 0.290 e. The molecule has 1 unspecified atom stereocenters. The Bertz CT molecular complexity index is 274. The third-order valence-electron chi connectivity index (χ3n) is 1.74. The van der Waals surface area contributed by atoms with E-state index in [0.29, 0.717) is 0 Å². The van der Waals surface area contributed by atoms with Crippen LogP contribution in [-0.2, 0) is 4.79 Å². The topological polar surface area (TPSA) is 33.2 Å². The van der Waals surface area contributed by atoms with Gasteiger partial charge in [-0.05, 0) is 13.2 Å². The highest BCUT2D eigenvalue weighted by molar-refractivity contribution is 7.99. The number of carbonyl (C=O) groups is 1. The Morgan fingerprint density at radius 3 is 2.92 bits per heavy atom. The molecule has 0 aliphatic rings. The predicted molar refractivity (Wildman–Crippen MR) is 58.5 cm³/mol. The number of anilines is 1. The molecule has 0 fully saturated rings. The molecule has 13 heavy (non-hydrogen) atoms. The maximum absolute atomic E-state index is 11.6. The average Bonchev–Trinajstić information content (AvgIpc) is 2.67. The summed E-state index contributed by atoms with van der Waals surface area (Å²) in [5.74, 6) is 0.0995. The molecule has 0 aliphatic heterocycles. The number of rotatable bonds is 3. The van der Waals surface area contributed by atoms with Crippen LogP contribution in [0.25, 0.3) is 0 Å². The van der Waals surface area contributed by atoms with Gasteiger partial charge in [0.15, 0.2) is 5.13 Å². The van der Waals surface area contributed by atoms with E-state index < -0.39 is 0 Å². The van der Waals surface area contributed by atoms with Crippen molar-refractivity contribution in [2.75, 3.05) is 18.2 Å². The van der Waals surface area contributed by atoms with Crippen molar-refractivity contribution in [3.05, 3.63) is 11.6 Å². The first-order valence-electron chi connectivity index (χ1n) is 3.86. The molecule has 72 valence electrons. The fourth-order valence-corrected chi connectivity index (χ4v) is 1.82. The number of hydrogen-bond donors (Lipinski definition) is 0. The summed E-state index contributed by atoms with van der Waals surface area (Å²) >= 11 is 3.02. The summed E-state index contributed by atoms with van der Waals surface area (Å²) in [6.45, 7) is 1.90. The van der Waals surface area contributed by atoms with Crippen molar-refractivity contribution in [1.82, 2.24) is 4.98 Å². The first kappa shape index (κ1) is 10.5. The summed E-state index contributed by atoms with van der Waals surface area (Å²) < 4.78 is 0. The molecule has 1 aromatic heterocycles. The smallest absolute Gasteiger partial charge is 0.241 e. The highest BCUT2D eigenvalue weighted by Gasteiger charge is 2.18. The van der Waals surface area contributed by atoms with E-state index in [1.165, 1.54) is 11.3 Å². The third kappa shape index (κ3) is 2.45. The lowest BCUT2D eigenvalue weighted by molar-refractivity contribution is -0.117. The first-order chi connectivity index (χ1) is 6.16. The maximum atomic E-state index is 11.6. The zero-order valence-corrected chi connectivity index (χ0v) is 9.48. The number of aromatic nitrogens is 1. The first-order valence-corrected chi connectivity index (χ1v) is 6.03. The van der Waals surface area contributed by atoms with Crippen molar-refractivity contribution in [1.29, 1.82) is 0 Å². The van der Waals surface area contributed by atoms with E-state index in [-0.39, 0.29) is 11.2 Å². The second-order valence-corrected chi connectivity index (χ2v) is 4.64. The molecule has 0 aromatic carbocycles. The molecule has 0 spiro atoms. The van der Waals surface area contributed by atoms with E-state index in [0.717, 1.165) is 5.13 Å². The minimum absolute atomic E-state index is 0.00565. The standard InChI is InChI=1S/C8H12N2OS2/c1-6(12-3)7(11)10(2)8-9-4-5-13-8/h4-6H,1-3H3. The molecule has 1 atom stereocenters. The van der Waals surface area contributed by atoms with Crippen LogP contribution in [0, 0.1) is 0 Å². The summed E-state index contributed by atoms with van der Waals surface area (Å²) in [4.78, 5) is 17.3. The fourth-order valence-electron chi connectivity index (χ4n) is 0.849. The molecule has 1 rings (SSSR count). The van der Waals surface area contributed by atoms with Crippen LogP contribution in [0.5, 0.6) is 0 Å². The zero-order chi connectivity index (χ0) is 9.84. The Balaban J connectivity index is 2.68. The van der Waals surface area contributed by atoms with Crippen LogP contribution in [0.3, 0.4) is 0 Å². The Morgan fingerprint density at radius 2 is 2.46 bits per heavy atom. The second-order valence-electron chi connectivity index (χ2n) is 2.59. The Labute approximate surface area is 86.2 Å². The highest BCUT2D eigenvalue weighted by atomic mass is 32.2. The molecule has 0 bridgehead atoms. The van der Waals surface area contributed by atoms with Crippen LogP contribution in [0.15, 0.2) is 11.6 Å². The Kier molecular flexibility index (Phi) is 3.74. The number of carbonyl (C=O) groups excluding carboxylic acids is 1. The third-order valence-corrected chi connectivity index (χ3v) is 3.49. The van der Waals surface area contributed by atoms with E-state index in [2.05, 4.69) is 4.98 Å². The van der Waals surface area contributed by atoms with Crippen molar-refractivity contribution in [2.45, 2.75) is 12.2 Å². The number of thiazole rings is 1. The average molecular weight is 216 g/mol. The number of hydrogen-bond acceptors (Lipinski definition) is 4. The van der Waals surface area contributed by atoms with Gasteiger partial charge in [0.1, 0.15) is 0 Å². The van der Waals surface area contributed by atoms with Crippen molar-refractivity contribution in [2.24, 2.45) is 0 Å². The van der Waals surface area contributed by atoms with Gasteiger partial charge in [-0.3, -0.25) is 9.69 Å². The molecule has 5 heteroatoms. The molecule has 0 saturated carbocycles. The minimum Gasteiger partial charge on any atom is -0.290 e. The van der Waals surface area contributed by atoms with Crippen molar-refractivity contribution >= 4 is 34.1 Å². The van der Waals surface area contributed by atoms with Gasteiger partial charge >= 0.3 is 0 Å². The Hall–Kier alpha value is -0.550. The summed E-state index contributed by atoms with van der Waals surface area (Å²) in [7, 11) is 1.76. The van der Waals surface area contributed by atoms with Crippen molar-refractivity contribution < 1.29 is 4.79 Å². The fraction of sp³-hybridized carbons (Fsp3) is 0.500. The molecule has 1 aromatic rings. The minimum atomic E-state index is -0.00565. The number of thioether (sulfide) groups is 1. The van der Waals surface area contributed by atoms with Gasteiger partial charge in [0, 0.05) is 18.6 Å². The van der Waals surface area contributed by atoms with E-state index in [1.807, 2.05) is 18.6 Å². The number of amides is 1. The van der Waals surface area contributed by atoms with Crippen LogP contribution in [0.4, 0.5) is 5.13 Å². The van der Waals surface area contributed by atoms with E-state index in [4.69, 9.17) is 0 Å². The van der Waals surface area contributed by atoms with E-state index in [9.17, 15) is 4.79 Å². The van der Waals surface area contributed by atoms with Crippen molar-refractivity contribution in [3.63, 3.8) is 0 Å². The maximum Gasteiger partial charge on any atom is 0.241 e.